The van der Waals surface area contributed by atoms with Crippen LogP contribution in [0.25, 0.3) is 0 Å². The summed E-state index contributed by atoms with van der Waals surface area (Å²) in [5.41, 5.74) is 5.05. The molecule has 0 saturated carbocycles. The van der Waals surface area contributed by atoms with Crippen LogP contribution in [0.4, 0.5) is 5.69 Å². The highest BCUT2D eigenvalue weighted by molar-refractivity contribution is 6.31. The lowest BCUT2D eigenvalue weighted by Crippen LogP contribution is -2.05. The number of nitrogens with one attached hydrogen (secondary N) is 1. The zero-order valence-electron chi connectivity index (χ0n) is 9.70. The van der Waals surface area contributed by atoms with Gasteiger partial charge in [-0.1, -0.05) is 48.0 Å². The summed E-state index contributed by atoms with van der Waals surface area (Å²) in [7, 11) is 0. The van der Waals surface area contributed by atoms with Crippen LogP contribution in [-0.4, -0.2) is 0 Å². The second kappa shape index (κ2) is 4.08. The van der Waals surface area contributed by atoms with Crippen molar-refractivity contribution >= 4 is 17.3 Å². The van der Waals surface area contributed by atoms with Gasteiger partial charge in [0.25, 0.3) is 0 Å². The molecular formula is C15H14ClN. The van der Waals surface area contributed by atoms with Crippen molar-refractivity contribution in [2.45, 2.75) is 19.4 Å². The monoisotopic (exact) mass is 243 g/mol. The van der Waals surface area contributed by atoms with E-state index in [1.165, 1.54) is 22.4 Å². The molecule has 0 bridgehead atoms. The molecule has 2 aromatic carbocycles. The maximum absolute atomic E-state index is 6.25. The number of hydrogen-bond acceptors (Lipinski definition) is 1. The molecule has 0 amide bonds. The molecule has 86 valence electrons. The van der Waals surface area contributed by atoms with Gasteiger partial charge in [0.15, 0.2) is 0 Å². The molecule has 0 saturated heterocycles. The fourth-order valence-electron chi connectivity index (χ4n) is 2.46. The van der Waals surface area contributed by atoms with E-state index in [-0.39, 0.29) is 0 Å². The van der Waals surface area contributed by atoms with E-state index in [2.05, 4.69) is 42.6 Å². The van der Waals surface area contributed by atoms with Gasteiger partial charge in [0.1, 0.15) is 0 Å². The molecule has 1 aliphatic rings. The number of hydrogen-bond donors (Lipinski definition) is 1. The van der Waals surface area contributed by atoms with Crippen LogP contribution in [0.1, 0.15) is 22.7 Å². The second-order valence-corrected chi connectivity index (χ2v) is 4.94. The predicted molar refractivity (Wildman–Crippen MR) is 72.7 cm³/mol. The Balaban J connectivity index is 1.98. The molecule has 17 heavy (non-hydrogen) atoms. The first-order valence-corrected chi connectivity index (χ1v) is 6.23. The highest BCUT2D eigenvalue weighted by Gasteiger charge is 2.24. The molecule has 0 fully saturated rings. The summed E-state index contributed by atoms with van der Waals surface area (Å²) in [5.74, 6) is 0. The normalized spacial score (nSPS) is 17.6. The summed E-state index contributed by atoms with van der Waals surface area (Å²) in [6.07, 6.45) is 0.972. The van der Waals surface area contributed by atoms with Gasteiger partial charge in [0, 0.05) is 17.1 Å². The lowest BCUT2D eigenvalue weighted by Gasteiger charge is -2.11. The topological polar surface area (TPSA) is 12.0 Å². The third-order valence-corrected chi connectivity index (χ3v) is 3.75. The Morgan fingerprint density at radius 2 is 1.88 bits per heavy atom. The van der Waals surface area contributed by atoms with E-state index in [4.69, 9.17) is 11.6 Å². The SMILES string of the molecule is Cc1ccc(Cl)c2c1NC(c1ccccc1)C2. The summed E-state index contributed by atoms with van der Waals surface area (Å²) in [6.45, 7) is 2.12. The molecule has 3 rings (SSSR count). The summed E-state index contributed by atoms with van der Waals surface area (Å²) < 4.78 is 0. The Kier molecular flexibility index (Phi) is 2.56. The van der Waals surface area contributed by atoms with Crippen LogP contribution in [0.3, 0.4) is 0 Å². The fourth-order valence-corrected chi connectivity index (χ4v) is 2.69. The van der Waals surface area contributed by atoms with Crippen molar-refractivity contribution in [3.8, 4) is 0 Å². The Bertz CT molecular complexity index is 517. The van der Waals surface area contributed by atoms with Crippen molar-refractivity contribution in [3.05, 3.63) is 64.2 Å². The molecule has 2 heteroatoms. The molecule has 1 N–H and O–H groups in total. The lowest BCUT2D eigenvalue weighted by molar-refractivity contribution is 0.824. The molecule has 1 heterocycles. The number of rotatable bonds is 1. The summed E-state index contributed by atoms with van der Waals surface area (Å²) in [6, 6.07) is 14.9. The number of aryl methyl sites for hydroxylation is 1. The quantitative estimate of drug-likeness (QED) is 0.785. The van der Waals surface area contributed by atoms with Crippen LogP contribution >= 0.6 is 11.6 Å². The van der Waals surface area contributed by atoms with Gasteiger partial charge in [-0.15, -0.1) is 0 Å². The zero-order chi connectivity index (χ0) is 11.8. The van der Waals surface area contributed by atoms with Crippen molar-refractivity contribution < 1.29 is 0 Å². The molecule has 0 radical (unpaired) electrons. The van der Waals surface area contributed by atoms with Crippen LogP contribution in [0.15, 0.2) is 42.5 Å². The number of fused-ring (bicyclic) bond motifs is 1. The van der Waals surface area contributed by atoms with Crippen LogP contribution in [0.2, 0.25) is 5.02 Å². The number of anilines is 1. The Morgan fingerprint density at radius 1 is 1.12 bits per heavy atom. The molecule has 1 atom stereocenters. The fraction of sp³-hybridized carbons (Fsp3) is 0.200. The third kappa shape index (κ3) is 1.81. The Labute approximate surface area is 106 Å². The Hall–Kier alpha value is -1.47. The summed E-state index contributed by atoms with van der Waals surface area (Å²) in [4.78, 5) is 0. The van der Waals surface area contributed by atoms with E-state index < -0.39 is 0 Å². The van der Waals surface area contributed by atoms with E-state index in [0.29, 0.717) is 6.04 Å². The first-order valence-electron chi connectivity index (χ1n) is 5.85. The maximum Gasteiger partial charge on any atom is 0.0555 e. The standard InChI is InChI=1S/C15H14ClN/c1-10-7-8-13(16)12-9-14(17-15(10)12)11-5-3-2-4-6-11/h2-8,14,17H,9H2,1H3. The van der Waals surface area contributed by atoms with Crippen LogP contribution in [0, 0.1) is 6.92 Å². The minimum Gasteiger partial charge on any atom is -0.377 e. The first-order chi connectivity index (χ1) is 8.25. The predicted octanol–water partition coefficient (Wildman–Crippen LogP) is 4.36. The molecular weight excluding hydrogens is 230 g/mol. The van der Waals surface area contributed by atoms with E-state index >= 15 is 0 Å². The van der Waals surface area contributed by atoms with Crippen molar-refractivity contribution in [2.24, 2.45) is 0 Å². The van der Waals surface area contributed by atoms with Gasteiger partial charge in [0.2, 0.25) is 0 Å². The van der Waals surface area contributed by atoms with Crippen molar-refractivity contribution in [1.29, 1.82) is 0 Å². The highest BCUT2D eigenvalue weighted by Crippen LogP contribution is 2.39. The van der Waals surface area contributed by atoms with Gasteiger partial charge >= 0.3 is 0 Å². The maximum atomic E-state index is 6.25. The summed E-state index contributed by atoms with van der Waals surface area (Å²) in [5, 5.41) is 4.45. The van der Waals surface area contributed by atoms with Gasteiger partial charge in [-0.25, -0.2) is 0 Å². The number of benzene rings is 2. The van der Waals surface area contributed by atoms with E-state index in [0.717, 1.165) is 11.4 Å². The van der Waals surface area contributed by atoms with Crippen LogP contribution in [0.5, 0.6) is 0 Å². The lowest BCUT2D eigenvalue weighted by atomic mass is 10.0. The van der Waals surface area contributed by atoms with Crippen molar-refractivity contribution in [1.82, 2.24) is 0 Å². The third-order valence-electron chi connectivity index (χ3n) is 3.39. The Morgan fingerprint density at radius 3 is 2.59 bits per heavy atom. The van der Waals surface area contributed by atoms with Gasteiger partial charge in [0.05, 0.1) is 6.04 Å². The molecule has 0 spiro atoms. The molecule has 0 aliphatic carbocycles. The van der Waals surface area contributed by atoms with E-state index in [1.54, 1.807) is 0 Å². The van der Waals surface area contributed by atoms with Gasteiger partial charge in [-0.05, 0) is 29.7 Å². The van der Waals surface area contributed by atoms with Gasteiger partial charge < -0.3 is 5.32 Å². The minimum atomic E-state index is 0.352. The van der Waals surface area contributed by atoms with Crippen molar-refractivity contribution in [2.75, 3.05) is 5.32 Å². The van der Waals surface area contributed by atoms with Gasteiger partial charge in [-0.2, -0.15) is 0 Å². The van der Waals surface area contributed by atoms with Crippen molar-refractivity contribution in [3.63, 3.8) is 0 Å². The summed E-state index contributed by atoms with van der Waals surface area (Å²) >= 11 is 6.25. The minimum absolute atomic E-state index is 0.352. The number of halogens is 1. The molecule has 0 aromatic heterocycles. The van der Waals surface area contributed by atoms with Crippen LogP contribution in [-0.2, 0) is 6.42 Å². The zero-order valence-corrected chi connectivity index (χ0v) is 10.5. The van der Waals surface area contributed by atoms with Gasteiger partial charge in [-0.3, -0.25) is 0 Å². The highest BCUT2D eigenvalue weighted by atomic mass is 35.5. The average Bonchev–Trinajstić information content (AvgIpc) is 2.81. The average molecular weight is 244 g/mol. The second-order valence-electron chi connectivity index (χ2n) is 4.53. The smallest absolute Gasteiger partial charge is 0.0555 e. The molecule has 1 aliphatic heterocycles. The largest absolute Gasteiger partial charge is 0.377 e. The molecule has 1 unspecified atom stereocenters. The molecule has 1 nitrogen and oxygen atoms in total. The van der Waals surface area contributed by atoms with Crippen LogP contribution < -0.4 is 5.32 Å². The van der Waals surface area contributed by atoms with E-state index in [1.807, 2.05) is 12.1 Å². The molecule has 2 aromatic rings. The van der Waals surface area contributed by atoms with E-state index in [9.17, 15) is 0 Å². The first kappa shape index (κ1) is 10.7.